The van der Waals surface area contributed by atoms with Crippen molar-refractivity contribution in [3.05, 3.63) is 55.6 Å². The molecule has 20 heavy (non-hydrogen) atoms. The van der Waals surface area contributed by atoms with E-state index in [0.717, 1.165) is 12.1 Å². The van der Waals surface area contributed by atoms with E-state index in [0.29, 0.717) is 6.07 Å². The lowest BCUT2D eigenvalue weighted by Crippen LogP contribution is -2.02. The molecule has 1 aromatic heterocycles. The van der Waals surface area contributed by atoms with Crippen LogP contribution in [-0.4, -0.2) is 9.91 Å². The number of pyridine rings is 1. The number of anilines is 2. The molecule has 1 N–H and O–H groups in total. The zero-order chi connectivity index (χ0) is 14.9. The van der Waals surface area contributed by atoms with Gasteiger partial charge < -0.3 is 5.32 Å². The largest absolute Gasteiger partial charge is 0.332 e. The minimum atomic E-state index is -0.915. The fraction of sp³-hybridized carbons (Fsp3) is 0. The highest BCUT2D eigenvalue weighted by Crippen LogP contribution is 2.30. The third kappa shape index (κ3) is 3.02. The normalized spacial score (nSPS) is 10.4. The Kier molecular flexibility index (Phi) is 4.15. The van der Waals surface area contributed by atoms with Crippen molar-refractivity contribution < 1.29 is 13.7 Å². The van der Waals surface area contributed by atoms with Crippen molar-refractivity contribution in [2.75, 3.05) is 5.32 Å². The number of nitrogens with one attached hydrogen (secondary N) is 1. The highest BCUT2D eigenvalue weighted by molar-refractivity contribution is 9.10. The number of hydrogen-bond donors (Lipinski definition) is 1. The maximum atomic E-state index is 13.6. The molecule has 0 aliphatic rings. The first-order valence-corrected chi connectivity index (χ1v) is 6.28. The van der Waals surface area contributed by atoms with Gasteiger partial charge in [0.05, 0.1) is 15.1 Å². The molecule has 1 heterocycles. The molecular weight excluding hydrogens is 359 g/mol. The molecule has 0 saturated carbocycles. The molecule has 9 heteroatoms. The zero-order valence-electron chi connectivity index (χ0n) is 9.53. The number of nitro groups is 1. The molecule has 0 unspecified atom stereocenters. The van der Waals surface area contributed by atoms with Gasteiger partial charge in [0.15, 0.2) is 0 Å². The smallest absolute Gasteiger partial charge is 0.311 e. The Morgan fingerprint density at radius 1 is 1.30 bits per heavy atom. The monoisotopic (exact) mass is 363 g/mol. The molecule has 0 atom stereocenters. The molecule has 0 spiro atoms. The number of halogens is 4. The molecule has 5 nitrogen and oxygen atoms in total. The molecule has 0 radical (unpaired) electrons. The third-order valence-electron chi connectivity index (χ3n) is 2.30. The molecule has 1 aromatic carbocycles. The van der Waals surface area contributed by atoms with Crippen LogP contribution in [-0.2, 0) is 0 Å². The van der Waals surface area contributed by atoms with Gasteiger partial charge in [0.25, 0.3) is 0 Å². The van der Waals surface area contributed by atoms with Crippen molar-refractivity contribution in [3.8, 4) is 0 Å². The quantitative estimate of drug-likeness (QED) is 0.379. The van der Waals surface area contributed by atoms with Gasteiger partial charge in [0, 0.05) is 12.1 Å². The number of hydrogen-bond acceptors (Lipinski definition) is 4. The Balaban J connectivity index is 2.47. The summed E-state index contributed by atoms with van der Waals surface area (Å²) in [6.07, 6.45) is 0. The second kappa shape index (κ2) is 5.68. The van der Waals surface area contributed by atoms with Crippen LogP contribution in [0, 0.1) is 21.7 Å². The van der Waals surface area contributed by atoms with Crippen molar-refractivity contribution in [2.45, 2.75) is 0 Å². The fourth-order valence-electron chi connectivity index (χ4n) is 1.41. The first-order valence-electron chi connectivity index (χ1n) is 5.11. The summed E-state index contributed by atoms with van der Waals surface area (Å²) in [6, 6.07) is 4.12. The summed E-state index contributed by atoms with van der Waals surface area (Å²) in [4.78, 5) is 13.9. The van der Waals surface area contributed by atoms with Crippen LogP contribution in [0.15, 0.2) is 28.7 Å². The molecule has 2 rings (SSSR count). The Bertz CT molecular complexity index is 700. The number of benzene rings is 1. The van der Waals surface area contributed by atoms with E-state index in [-0.39, 0.29) is 26.8 Å². The van der Waals surface area contributed by atoms with Crippen LogP contribution >= 0.6 is 27.5 Å². The van der Waals surface area contributed by atoms with Crippen LogP contribution in [0.4, 0.5) is 26.0 Å². The predicted molar refractivity (Wildman–Crippen MR) is 73.2 cm³/mol. The Morgan fingerprint density at radius 3 is 2.65 bits per heavy atom. The Morgan fingerprint density at radius 2 is 2.00 bits per heavy atom. The van der Waals surface area contributed by atoms with Crippen molar-refractivity contribution in [3.63, 3.8) is 0 Å². The van der Waals surface area contributed by atoms with E-state index in [1.54, 1.807) is 0 Å². The van der Waals surface area contributed by atoms with Crippen molar-refractivity contribution >= 4 is 44.7 Å². The molecule has 0 fully saturated rings. The molecule has 0 aliphatic carbocycles. The maximum Gasteiger partial charge on any atom is 0.311 e. The minimum Gasteiger partial charge on any atom is -0.332 e. The van der Waals surface area contributed by atoms with Gasteiger partial charge >= 0.3 is 5.69 Å². The van der Waals surface area contributed by atoms with E-state index in [1.165, 1.54) is 6.07 Å². The van der Waals surface area contributed by atoms with Gasteiger partial charge in [0.1, 0.15) is 16.8 Å². The highest BCUT2D eigenvalue weighted by Gasteiger charge is 2.18. The Labute approximate surface area is 124 Å². The summed E-state index contributed by atoms with van der Waals surface area (Å²) in [5.41, 5.74) is -0.551. The van der Waals surface area contributed by atoms with E-state index in [9.17, 15) is 18.9 Å². The van der Waals surface area contributed by atoms with Crippen molar-refractivity contribution in [1.82, 2.24) is 4.98 Å². The van der Waals surface area contributed by atoms with Crippen LogP contribution < -0.4 is 5.32 Å². The molecule has 104 valence electrons. The lowest BCUT2D eigenvalue weighted by Gasteiger charge is -2.08. The summed E-state index contributed by atoms with van der Waals surface area (Å²) in [5.74, 6) is -1.94. The van der Waals surface area contributed by atoms with Crippen molar-refractivity contribution in [1.29, 1.82) is 0 Å². The van der Waals surface area contributed by atoms with Gasteiger partial charge in [-0.2, -0.15) is 0 Å². The second-order valence-corrected chi connectivity index (χ2v) is 4.87. The summed E-state index contributed by atoms with van der Waals surface area (Å²) in [6.45, 7) is 0. The average Bonchev–Trinajstić information content (AvgIpc) is 2.35. The van der Waals surface area contributed by atoms with Crippen LogP contribution in [0.25, 0.3) is 0 Å². The van der Waals surface area contributed by atoms with Gasteiger partial charge in [-0.05, 0) is 28.1 Å². The first kappa shape index (κ1) is 14.6. The fourth-order valence-corrected chi connectivity index (χ4v) is 1.90. The number of aromatic nitrogens is 1. The number of rotatable bonds is 3. The standard InChI is InChI=1S/C11H5BrClF2N3O2/c12-5-3-8(7(15)4-6(5)14)16-11-9(18(19)20)1-2-10(13)17-11/h1-4H,(H,16,17). The molecule has 0 saturated heterocycles. The van der Waals surface area contributed by atoms with Gasteiger partial charge in [-0.15, -0.1) is 0 Å². The summed E-state index contributed by atoms with van der Waals surface area (Å²) >= 11 is 8.54. The van der Waals surface area contributed by atoms with Crippen LogP contribution in [0.1, 0.15) is 0 Å². The van der Waals surface area contributed by atoms with Gasteiger partial charge in [-0.1, -0.05) is 11.6 Å². The predicted octanol–water partition coefficient (Wildman–Crippen LogP) is 4.43. The van der Waals surface area contributed by atoms with E-state index in [2.05, 4.69) is 26.2 Å². The highest BCUT2D eigenvalue weighted by atomic mass is 79.9. The summed E-state index contributed by atoms with van der Waals surface area (Å²) in [7, 11) is 0. The van der Waals surface area contributed by atoms with Crippen molar-refractivity contribution in [2.24, 2.45) is 0 Å². The van der Waals surface area contributed by atoms with Crippen LogP contribution in [0.5, 0.6) is 0 Å². The molecular formula is C11H5BrClF2N3O2. The summed E-state index contributed by atoms with van der Waals surface area (Å²) < 4.78 is 26.7. The van der Waals surface area contributed by atoms with E-state index >= 15 is 0 Å². The molecule has 0 aliphatic heterocycles. The van der Waals surface area contributed by atoms with E-state index < -0.39 is 16.6 Å². The van der Waals surface area contributed by atoms with Crippen LogP contribution in [0.3, 0.4) is 0 Å². The SMILES string of the molecule is O=[N+]([O-])c1ccc(Cl)nc1Nc1cc(Br)c(F)cc1F. The maximum absolute atomic E-state index is 13.6. The minimum absolute atomic E-state index is 0.000291. The average molecular weight is 365 g/mol. The second-order valence-electron chi connectivity index (χ2n) is 3.63. The summed E-state index contributed by atoms with van der Waals surface area (Å²) in [5, 5.41) is 13.3. The lowest BCUT2D eigenvalue weighted by atomic mass is 10.3. The number of nitrogens with zero attached hydrogens (tertiary/aromatic N) is 2. The van der Waals surface area contributed by atoms with E-state index in [1.807, 2.05) is 0 Å². The van der Waals surface area contributed by atoms with E-state index in [4.69, 9.17) is 11.6 Å². The van der Waals surface area contributed by atoms with Crippen LogP contribution in [0.2, 0.25) is 5.15 Å². The topological polar surface area (TPSA) is 68.1 Å². The first-order chi connectivity index (χ1) is 9.38. The van der Waals surface area contributed by atoms with Gasteiger partial charge in [0.2, 0.25) is 5.82 Å². The molecule has 0 amide bonds. The molecule has 0 bridgehead atoms. The zero-order valence-corrected chi connectivity index (χ0v) is 11.9. The molecule has 2 aromatic rings. The third-order valence-corrected chi connectivity index (χ3v) is 3.12. The lowest BCUT2D eigenvalue weighted by molar-refractivity contribution is -0.384. The van der Waals surface area contributed by atoms with Gasteiger partial charge in [-0.25, -0.2) is 13.8 Å². The Hall–Kier alpha value is -1.80. The van der Waals surface area contributed by atoms with Gasteiger partial charge in [-0.3, -0.25) is 10.1 Å².